The average molecular weight is 172 g/mol. The Morgan fingerprint density at radius 1 is 1.08 bits per heavy atom. The standard InChI is InChI=1S/C11H24O/c1-4-6-11(9-12)8-5-7-10(2)3/h10-12H,4-9H2,1-3H3/t11-/m0/s1. The Bertz CT molecular complexity index is 89.0. The maximum atomic E-state index is 9.02. The zero-order chi connectivity index (χ0) is 9.40. The van der Waals surface area contributed by atoms with Crippen LogP contribution in [0, 0.1) is 11.8 Å². The lowest BCUT2D eigenvalue weighted by atomic mass is 9.95. The third-order valence-electron chi connectivity index (χ3n) is 2.35. The summed E-state index contributed by atoms with van der Waals surface area (Å²) in [6, 6.07) is 0. The molecule has 1 nitrogen and oxygen atoms in total. The summed E-state index contributed by atoms with van der Waals surface area (Å²) < 4.78 is 0. The lowest BCUT2D eigenvalue weighted by Gasteiger charge is -2.13. The molecule has 1 heteroatoms. The molecule has 0 heterocycles. The Labute approximate surface area is 77.2 Å². The van der Waals surface area contributed by atoms with Gasteiger partial charge in [0.25, 0.3) is 0 Å². The normalized spacial score (nSPS) is 13.8. The smallest absolute Gasteiger partial charge is 0.0459 e. The first-order valence-electron chi connectivity index (χ1n) is 5.31. The van der Waals surface area contributed by atoms with Crippen LogP contribution in [0.4, 0.5) is 0 Å². The van der Waals surface area contributed by atoms with Crippen LogP contribution >= 0.6 is 0 Å². The summed E-state index contributed by atoms with van der Waals surface area (Å²) in [6.07, 6.45) is 6.19. The van der Waals surface area contributed by atoms with Crippen molar-refractivity contribution in [2.24, 2.45) is 11.8 Å². The zero-order valence-corrected chi connectivity index (χ0v) is 8.84. The molecule has 74 valence electrons. The Kier molecular flexibility index (Phi) is 7.58. The Morgan fingerprint density at radius 2 is 1.75 bits per heavy atom. The first-order valence-corrected chi connectivity index (χ1v) is 5.31. The van der Waals surface area contributed by atoms with Crippen molar-refractivity contribution < 1.29 is 5.11 Å². The molecule has 0 aromatic carbocycles. The van der Waals surface area contributed by atoms with E-state index in [0.717, 1.165) is 5.92 Å². The zero-order valence-electron chi connectivity index (χ0n) is 8.84. The van der Waals surface area contributed by atoms with Crippen molar-refractivity contribution >= 4 is 0 Å². The molecule has 1 atom stereocenters. The summed E-state index contributed by atoms with van der Waals surface area (Å²) in [6.45, 7) is 7.08. The number of hydrogen-bond donors (Lipinski definition) is 1. The quantitative estimate of drug-likeness (QED) is 0.625. The second-order valence-electron chi connectivity index (χ2n) is 4.16. The van der Waals surface area contributed by atoms with Crippen molar-refractivity contribution in [1.29, 1.82) is 0 Å². The summed E-state index contributed by atoms with van der Waals surface area (Å²) in [7, 11) is 0. The maximum Gasteiger partial charge on any atom is 0.0459 e. The Balaban J connectivity index is 3.31. The molecule has 0 aliphatic rings. The first-order chi connectivity index (χ1) is 5.70. The molecule has 0 fully saturated rings. The van der Waals surface area contributed by atoms with Crippen LogP contribution in [0.15, 0.2) is 0 Å². The van der Waals surface area contributed by atoms with Crippen LogP contribution in [0.1, 0.15) is 52.9 Å². The molecule has 0 aromatic heterocycles. The van der Waals surface area contributed by atoms with E-state index in [1.165, 1.54) is 32.1 Å². The van der Waals surface area contributed by atoms with Crippen LogP contribution in [-0.2, 0) is 0 Å². The lowest BCUT2D eigenvalue weighted by molar-refractivity contribution is 0.205. The van der Waals surface area contributed by atoms with Crippen molar-refractivity contribution in [2.75, 3.05) is 6.61 Å². The molecule has 0 aromatic rings. The number of aliphatic hydroxyl groups is 1. The summed E-state index contributed by atoms with van der Waals surface area (Å²) >= 11 is 0. The molecule has 0 spiro atoms. The molecular formula is C11H24O. The van der Waals surface area contributed by atoms with Crippen LogP contribution in [0.2, 0.25) is 0 Å². The molecule has 0 radical (unpaired) electrons. The van der Waals surface area contributed by atoms with Crippen molar-refractivity contribution in [1.82, 2.24) is 0 Å². The fourth-order valence-corrected chi connectivity index (χ4v) is 1.55. The molecule has 0 saturated heterocycles. The summed E-state index contributed by atoms with van der Waals surface area (Å²) in [5.74, 6) is 1.37. The van der Waals surface area contributed by atoms with Gasteiger partial charge in [0.05, 0.1) is 0 Å². The SMILES string of the molecule is CCC[C@H](CO)CCCC(C)C. The maximum absolute atomic E-state index is 9.02. The van der Waals surface area contributed by atoms with Crippen LogP contribution in [0.5, 0.6) is 0 Å². The Hall–Kier alpha value is -0.0400. The minimum absolute atomic E-state index is 0.381. The van der Waals surface area contributed by atoms with E-state index in [9.17, 15) is 0 Å². The molecule has 0 saturated carbocycles. The molecule has 0 unspecified atom stereocenters. The van der Waals surface area contributed by atoms with Gasteiger partial charge in [-0.15, -0.1) is 0 Å². The van der Waals surface area contributed by atoms with E-state index in [1.54, 1.807) is 0 Å². The van der Waals surface area contributed by atoms with Gasteiger partial charge in [-0.1, -0.05) is 40.0 Å². The molecule has 0 rings (SSSR count). The van der Waals surface area contributed by atoms with Gasteiger partial charge in [0.1, 0.15) is 0 Å². The summed E-state index contributed by atoms with van der Waals surface area (Å²) in [5, 5.41) is 9.02. The van der Waals surface area contributed by atoms with E-state index in [0.29, 0.717) is 12.5 Å². The number of hydrogen-bond acceptors (Lipinski definition) is 1. The third-order valence-corrected chi connectivity index (χ3v) is 2.35. The van der Waals surface area contributed by atoms with Gasteiger partial charge in [-0.3, -0.25) is 0 Å². The predicted octanol–water partition coefficient (Wildman–Crippen LogP) is 3.22. The van der Waals surface area contributed by atoms with E-state index < -0.39 is 0 Å². The van der Waals surface area contributed by atoms with Crippen LogP contribution in [0.3, 0.4) is 0 Å². The van der Waals surface area contributed by atoms with Crippen LogP contribution < -0.4 is 0 Å². The second-order valence-corrected chi connectivity index (χ2v) is 4.16. The van der Waals surface area contributed by atoms with E-state index in [1.807, 2.05) is 0 Å². The Morgan fingerprint density at radius 3 is 2.17 bits per heavy atom. The van der Waals surface area contributed by atoms with E-state index in [4.69, 9.17) is 5.11 Å². The molecule has 1 N–H and O–H groups in total. The molecule has 12 heavy (non-hydrogen) atoms. The van der Waals surface area contributed by atoms with Gasteiger partial charge in [0.15, 0.2) is 0 Å². The van der Waals surface area contributed by atoms with E-state index in [-0.39, 0.29) is 0 Å². The minimum atomic E-state index is 0.381. The van der Waals surface area contributed by atoms with Crippen LogP contribution in [0.25, 0.3) is 0 Å². The van der Waals surface area contributed by atoms with E-state index >= 15 is 0 Å². The average Bonchev–Trinajstić information content (AvgIpc) is 2.02. The van der Waals surface area contributed by atoms with Gasteiger partial charge in [-0.2, -0.15) is 0 Å². The van der Waals surface area contributed by atoms with Gasteiger partial charge < -0.3 is 5.11 Å². The highest BCUT2D eigenvalue weighted by Gasteiger charge is 2.05. The monoisotopic (exact) mass is 172 g/mol. The minimum Gasteiger partial charge on any atom is -0.396 e. The van der Waals surface area contributed by atoms with Crippen molar-refractivity contribution in [3.8, 4) is 0 Å². The molecule has 0 bridgehead atoms. The van der Waals surface area contributed by atoms with Gasteiger partial charge in [-0.25, -0.2) is 0 Å². The predicted molar refractivity (Wildman–Crippen MR) is 54.2 cm³/mol. The fraction of sp³-hybridized carbons (Fsp3) is 1.00. The second kappa shape index (κ2) is 7.60. The highest BCUT2D eigenvalue weighted by atomic mass is 16.3. The van der Waals surface area contributed by atoms with Gasteiger partial charge in [0.2, 0.25) is 0 Å². The van der Waals surface area contributed by atoms with Gasteiger partial charge in [-0.05, 0) is 24.7 Å². The number of aliphatic hydroxyl groups excluding tert-OH is 1. The van der Waals surface area contributed by atoms with E-state index in [2.05, 4.69) is 20.8 Å². The fourth-order valence-electron chi connectivity index (χ4n) is 1.55. The van der Waals surface area contributed by atoms with Crippen molar-refractivity contribution in [3.05, 3.63) is 0 Å². The highest BCUT2D eigenvalue weighted by molar-refractivity contribution is 4.58. The highest BCUT2D eigenvalue weighted by Crippen LogP contribution is 2.16. The summed E-state index contributed by atoms with van der Waals surface area (Å²) in [4.78, 5) is 0. The molecular weight excluding hydrogens is 148 g/mol. The topological polar surface area (TPSA) is 20.2 Å². The molecule has 0 aliphatic carbocycles. The van der Waals surface area contributed by atoms with Gasteiger partial charge in [0, 0.05) is 6.61 Å². The summed E-state index contributed by atoms with van der Waals surface area (Å²) in [5.41, 5.74) is 0. The molecule has 0 aliphatic heterocycles. The number of rotatable bonds is 7. The third kappa shape index (κ3) is 6.66. The first kappa shape index (κ1) is 12.0. The van der Waals surface area contributed by atoms with Crippen LogP contribution in [-0.4, -0.2) is 11.7 Å². The van der Waals surface area contributed by atoms with Crippen molar-refractivity contribution in [2.45, 2.75) is 52.9 Å². The van der Waals surface area contributed by atoms with Crippen molar-refractivity contribution in [3.63, 3.8) is 0 Å². The lowest BCUT2D eigenvalue weighted by Crippen LogP contribution is -2.05. The van der Waals surface area contributed by atoms with Gasteiger partial charge >= 0.3 is 0 Å². The molecule has 0 amide bonds. The largest absolute Gasteiger partial charge is 0.396 e.